The van der Waals surface area contributed by atoms with Gasteiger partial charge in [-0.2, -0.15) is 0 Å². The number of amides is 1. The monoisotopic (exact) mass is 304 g/mol. The summed E-state index contributed by atoms with van der Waals surface area (Å²) in [6.45, 7) is 0.682. The third-order valence-electron chi connectivity index (χ3n) is 4.59. The van der Waals surface area contributed by atoms with Gasteiger partial charge >= 0.3 is 5.97 Å². The Morgan fingerprint density at radius 2 is 2.09 bits per heavy atom. The van der Waals surface area contributed by atoms with E-state index in [0.29, 0.717) is 12.2 Å². The summed E-state index contributed by atoms with van der Waals surface area (Å²) in [5.41, 5.74) is 0.284. The van der Waals surface area contributed by atoms with Crippen LogP contribution >= 0.6 is 0 Å². The average molecular weight is 304 g/mol. The van der Waals surface area contributed by atoms with Gasteiger partial charge in [-0.25, -0.2) is 9.78 Å². The van der Waals surface area contributed by atoms with Gasteiger partial charge in [-0.1, -0.05) is 12.8 Å². The molecular formula is C16H20N2O4. The van der Waals surface area contributed by atoms with Gasteiger partial charge in [-0.3, -0.25) is 4.79 Å². The number of carbonyl (C=O) groups excluding carboxylic acids is 1. The van der Waals surface area contributed by atoms with Gasteiger partial charge in [0, 0.05) is 18.8 Å². The van der Waals surface area contributed by atoms with Crippen molar-refractivity contribution in [1.29, 1.82) is 0 Å². The largest absolute Gasteiger partial charge is 0.477 e. The van der Waals surface area contributed by atoms with Crippen molar-refractivity contribution in [1.82, 2.24) is 10.3 Å². The molecule has 118 valence electrons. The zero-order valence-electron chi connectivity index (χ0n) is 12.4. The van der Waals surface area contributed by atoms with Gasteiger partial charge in [0.25, 0.3) is 5.91 Å². The SMILES string of the molecule is O=C(NC1CCOC2(CCCC2)C1)c1ccc(C(=O)O)nc1. The molecule has 2 aliphatic rings. The third-order valence-corrected chi connectivity index (χ3v) is 4.59. The lowest BCUT2D eigenvalue weighted by atomic mass is 9.89. The van der Waals surface area contributed by atoms with E-state index in [4.69, 9.17) is 9.84 Å². The van der Waals surface area contributed by atoms with Crippen LogP contribution in [0.3, 0.4) is 0 Å². The van der Waals surface area contributed by atoms with Crippen molar-refractivity contribution < 1.29 is 19.4 Å². The lowest BCUT2D eigenvalue weighted by Crippen LogP contribution is -2.47. The Morgan fingerprint density at radius 1 is 1.32 bits per heavy atom. The quantitative estimate of drug-likeness (QED) is 0.891. The normalized spacial score (nSPS) is 23.4. The molecule has 1 saturated heterocycles. The Labute approximate surface area is 128 Å². The maximum Gasteiger partial charge on any atom is 0.354 e. The number of carboxylic acid groups (broad SMARTS) is 1. The van der Waals surface area contributed by atoms with Crippen LogP contribution < -0.4 is 5.32 Å². The zero-order chi connectivity index (χ0) is 15.6. The van der Waals surface area contributed by atoms with E-state index < -0.39 is 5.97 Å². The standard InChI is InChI=1S/C16H20N2O4/c19-14(11-3-4-13(15(20)21)17-10-11)18-12-5-8-22-16(9-12)6-1-2-7-16/h3-4,10,12H,1-2,5-9H2,(H,18,19)(H,20,21). The summed E-state index contributed by atoms with van der Waals surface area (Å²) >= 11 is 0. The van der Waals surface area contributed by atoms with Crippen LogP contribution in [-0.2, 0) is 4.74 Å². The molecule has 1 saturated carbocycles. The van der Waals surface area contributed by atoms with Crippen LogP contribution in [0.5, 0.6) is 0 Å². The molecule has 0 radical (unpaired) electrons. The molecule has 1 aromatic heterocycles. The fourth-order valence-corrected chi connectivity index (χ4v) is 3.44. The van der Waals surface area contributed by atoms with Crippen LogP contribution in [0.1, 0.15) is 59.4 Å². The maximum absolute atomic E-state index is 12.3. The Hall–Kier alpha value is -1.95. The van der Waals surface area contributed by atoms with Crippen molar-refractivity contribution in [2.45, 2.75) is 50.2 Å². The van der Waals surface area contributed by atoms with Crippen molar-refractivity contribution >= 4 is 11.9 Å². The van der Waals surface area contributed by atoms with E-state index in [-0.39, 0.29) is 23.2 Å². The van der Waals surface area contributed by atoms with Gasteiger partial charge in [0.05, 0.1) is 11.2 Å². The van der Waals surface area contributed by atoms with E-state index in [9.17, 15) is 9.59 Å². The number of rotatable bonds is 3. The van der Waals surface area contributed by atoms with E-state index in [2.05, 4.69) is 10.3 Å². The lowest BCUT2D eigenvalue weighted by Gasteiger charge is -2.38. The first kappa shape index (κ1) is 15.0. The first-order valence-corrected chi connectivity index (χ1v) is 7.72. The highest BCUT2D eigenvalue weighted by Gasteiger charge is 2.40. The molecule has 0 aromatic carbocycles. The maximum atomic E-state index is 12.3. The van der Waals surface area contributed by atoms with E-state index in [1.54, 1.807) is 0 Å². The van der Waals surface area contributed by atoms with Gasteiger partial charge < -0.3 is 15.2 Å². The van der Waals surface area contributed by atoms with E-state index in [1.807, 2.05) is 0 Å². The number of nitrogens with zero attached hydrogens (tertiary/aromatic N) is 1. The zero-order valence-corrected chi connectivity index (χ0v) is 12.4. The van der Waals surface area contributed by atoms with Gasteiger partial charge in [-0.05, 0) is 37.8 Å². The summed E-state index contributed by atoms with van der Waals surface area (Å²) in [6.07, 6.45) is 7.53. The number of hydrogen-bond acceptors (Lipinski definition) is 4. The number of carbonyl (C=O) groups is 2. The van der Waals surface area contributed by atoms with Gasteiger partial charge in [-0.15, -0.1) is 0 Å². The molecule has 3 rings (SSSR count). The first-order valence-electron chi connectivity index (χ1n) is 7.72. The summed E-state index contributed by atoms with van der Waals surface area (Å²) in [4.78, 5) is 26.8. The third kappa shape index (κ3) is 3.11. The minimum absolute atomic E-state index is 0.0401. The first-order chi connectivity index (χ1) is 10.6. The summed E-state index contributed by atoms with van der Waals surface area (Å²) < 4.78 is 5.96. The summed E-state index contributed by atoms with van der Waals surface area (Å²) in [7, 11) is 0. The molecule has 1 aromatic rings. The van der Waals surface area contributed by atoms with Crippen molar-refractivity contribution in [3.63, 3.8) is 0 Å². The molecule has 2 fully saturated rings. The topological polar surface area (TPSA) is 88.5 Å². The highest BCUT2D eigenvalue weighted by molar-refractivity contribution is 5.95. The fraction of sp³-hybridized carbons (Fsp3) is 0.562. The molecule has 1 amide bonds. The van der Waals surface area contributed by atoms with E-state index in [1.165, 1.54) is 31.2 Å². The molecule has 1 unspecified atom stereocenters. The molecule has 0 bridgehead atoms. The Bertz CT molecular complexity index is 564. The van der Waals surface area contributed by atoms with Crippen LogP contribution in [0.15, 0.2) is 18.3 Å². The smallest absolute Gasteiger partial charge is 0.354 e. The highest BCUT2D eigenvalue weighted by atomic mass is 16.5. The number of aromatic carboxylic acids is 1. The number of nitrogens with one attached hydrogen (secondary N) is 1. The molecule has 6 nitrogen and oxygen atoms in total. The Balaban J connectivity index is 1.62. The second-order valence-electron chi connectivity index (χ2n) is 6.14. The highest BCUT2D eigenvalue weighted by Crippen LogP contribution is 2.39. The minimum Gasteiger partial charge on any atom is -0.477 e. The van der Waals surface area contributed by atoms with Crippen molar-refractivity contribution in [2.24, 2.45) is 0 Å². The molecule has 6 heteroatoms. The number of ether oxygens (including phenoxy) is 1. The van der Waals surface area contributed by atoms with Gasteiger partial charge in [0.15, 0.2) is 0 Å². The summed E-state index contributed by atoms with van der Waals surface area (Å²) in [6, 6.07) is 2.95. The molecule has 1 aliphatic carbocycles. The minimum atomic E-state index is -1.10. The Morgan fingerprint density at radius 3 is 2.73 bits per heavy atom. The van der Waals surface area contributed by atoms with Crippen LogP contribution in [0, 0.1) is 0 Å². The number of hydrogen-bond donors (Lipinski definition) is 2. The van der Waals surface area contributed by atoms with Crippen LogP contribution in [0.4, 0.5) is 0 Å². The second-order valence-corrected chi connectivity index (χ2v) is 6.14. The number of aromatic nitrogens is 1. The lowest BCUT2D eigenvalue weighted by molar-refractivity contribution is -0.0823. The molecule has 1 aliphatic heterocycles. The molecule has 2 N–H and O–H groups in total. The predicted octanol–water partition coefficient (Wildman–Crippen LogP) is 2.00. The summed E-state index contributed by atoms with van der Waals surface area (Å²) in [5, 5.41) is 11.8. The second kappa shape index (κ2) is 6.04. The molecule has 1 atom stereocenters. The average Bonchev–Trinajstić information content (AvgIpc) is 2.95. The van der Waals surface area contributed by atoms with Crippen LogP contribution in [0.2, 0.25) is 0 Å². The van der Waals surface area contributed by atoms with E-state index >= 15 is 0 Å². The molecule has 22 heavy (non-hydrogen) atoms. The predicted molar refractivity (Wildman–Crippen MR) is 78.8 cm³/mol. The Kier molecular flexibility index (Phi) is 4.11. The number of carboxylic acids is 1. The van der Waals surface area contributed by atoms with Crippen molar-refractivity contribution in [3.8, 4) is 0 Å². The number of pyridine rings is 1. The van der Waals surface area contributed by atoms with E-state index in [0.717, 1.165) is 25.7 Å². The molecular weight excluding hydrogens is 284 g/mol. The molecule has 2 heterocycles. The van der Waals surface area contributed by atoms with Crippen LogP contribution in [0.25, 0.3) is 0 Å². The fourth-order valence-electron chi connectivity index (χ4n) is 3.44. The van der Waals surface area contributed by atoms with Crippen molar-refractivity contribution in [2.75, 3.05) is 6.61 Å². The summed E-state index contributed by atoms with van der Waals surface area (Å²) in [5.74, 6) is -1.30. The van der Waals surface area contributed by atoms with Gasteiger partial charge in [0.2, 0.25) is 0 Å². The molecule has 1 spiro atoms. The van der Waals surface area contributed by atoms with Crippen molar-refractivity contribution in [3.05, 3.63) is 29.6 Å². The van der Waals surface area contributed by atoms with Gasteiger partial charge in [0.1, 0.15) is 5.69 Å². The van der Waals surface area contributed by atoms with Crippen LogP contribution in [-0.4, -0.2) is 40.2 Å².